The molecule has 2 heterocycles. The van der Waals surface area contributed by atoms with Crippen molar-refractivity contribution in [2.75, 3.05) is 13.1 Å². The number of rotatable bonds is 4. The minimum absolute atomic E-state index is 0.174. The first-order valence-electron chi connectivity index (χ1n) is 7.59. The summed E-state index contributed by atoms with van der Waals surface area (Å²) in [6.07, 6.45) is 4.87. The van der Waals surface area contributed by atoms with Crippen molar-refractivity contribution in [1.29, 1.82) is 0 Å². The molecule has 0 spiro atoms. The molecule has 1 aromatic carbocycles. The number of amides is 1. The van der Waals surface area contributed by atoms with Crippen LogP contribution in [0, 0.1) is 5.92 Å². The van der Waals surface area contributed by atoms with Crippen molar-refractivity contribution in [3.63, 3.8) is 0 Å². The number of hydrogen-bond donors (Lipinski definition) is 1. The highest BCUT2D eigenvalue weighted by Gasteiger charge is 2.30. The monoisotopic (exact) mass is 333 g/mol. The number of pyridine rings is 1. The minimum Gasteiger partial charge on any atom is -0.370 e. The fourth-order valence-corrected chi connectivity index (χ4v) is 4.76. The van der Waals surface area contributed by atoms with Gasteiger partial charge in [0, 0.05) is 37.3 Å². The summed E-state index contributed by atoms with van der Waals surface area (Å²) in [5.41, 5.74) is 5.22. The number of primary amides is 1. The summed E-state index contributed by atoms with van der Waals surface area (Å²) in [6.45, 7) is 0.827. The van der Waals surface area contributed by atoms with Gasteiger partial charge in [0.1, 0.15) is 0 Å². The van der Waals surface area contributed by atoms with Crippen LogP contribution in [0.5, 0.6) is 0 Å². The van der Waals surface area contributed by atoms with E-state index in [9.17, 15) is 13.2 Å². The van der Waals surface area contributed by atoms with Crippen molar-refractivity contribution < 1.29 is 13.2 Å². The second kappa shape index (κ2) is 6.25. The Morgan fingerprint density at radius 1 is 1.26 bits per heavy atom. The van der Waals surface area contributed by atoms with Gasteiger partial charge in [0.05, 0.1) is 4.90 Å². The molecule has 1 aliphatic rings. The quantitative estimate of drug-likeness (QED) is 0.918. The van der Waals surface area contributed by atoms with Crippen molar-refractivity contribution in [3.8, 4) is 0 Å². The molecule has 1 aliphatic heterocycles. The normalized spacial score (nSPS) is 17.4. The van der Waals surface area contributed by atoms with E-state index in [0.29, 0.717) is 37.7 Å². The predicted octanol–water partition coefficient (Wildman–Crippen LogP) is 1.51. The van der Waals surface area contributed by atoms with Crippen LogP contribution in [0.2, 0.25) is 0 Å². The van der Waals surface area contributed by atoms with Gasteiger partial charge in [-0.1, -0.05) is 12.1 Å². The van der Waals surface area contributed by atoms with Crippen LogP contribution in [0.4, 0.5) is 0 Å². The molecule has 0 aliphatic carbocycles. The van der Waals surface area contributed by atoms with Crippen LogP contribution in [0.3, 0.4) is 0 Å². The molecule has 122 valence electrons. The highest BCUT2D eigenvalue weighted by Crippen LogP contribution is 2.29. The Kier molecular flexibility index (Phi) is 4.32. The number of sulfonamides is 1. The van der Waals surface area contributed by atoms with Gasteiger partial charge in [0.15, 0.2) is 0 Å². The summed E-state index contributed by atoms with van der Waals surface area (Å²) >= 11 is 0. The number of nitrogens with zero attached hydrogens (tertiary/aromatic N) is 2. The van der Waals surface area contributed by atoms with E-state index in [1.807, 2.05) is 6.07 Å². The molecule has 0 radical (unpaired) electrons. The van der Waals surface area contributed by atoms with Gasteiger partial charge in [-0.15, -0.1) is 0 Å². The van der Waals surface area contributed by atoms with Crippen LogP contribution in [0.15, 0.2) is 41.6 Å². The molecule has 0 unspecified atom stereocenters. The topological polar surface area (TPSA) is 93.4 Å². The SMILES string of the molecule is NC(=O)CC1CCN(S(=O)(=O)c2cccc3ccncc23)CC1. The van der Waals surface area contributed by atoms with Crippen LogP contribution < -0.4 is 5.73 Å². The molecular weight excluding hydrogens is 314 g/mol. The molecule has 23 heavy (non-hydrogen) atoms. The second-order valence-electron chi connectivity index (χ2n) is 5.87. The Morgan fingerprint density at radius 2 is 2.00 bits per heavy atom. The van der Waals surface area contributed by atoms with E-state index >= 15 is 0 Å². The molecule has 1 saturated heterocycles. The van der Waals surface area contributed by atoms with Gasteiger partial charge in [0.2, 0.25) is 15.9 Å². The lowest BCUT2D eigenvalue weighted by Crippen LogP contribution is -2.39. The Labute approximate surface area is 135 Å². The van der Waals surface area contributed by atoms with E-state index in [4.69, 9.17) is 5.73 Å². The Hall–Kier alpha value is -1.99. The third-order valence-electron chi connectivity index (χ3n) is 4.32. The number of carbonyl (C=O) groups is 1. The fraction of sp³-hybridized carbons (Fsp3) is 0.375. The number of hydrogen-bond acceptors (Lipinski definition) is 4. The lowest BCUT2D eigenvalue weighted by molar-refractivity contribution is -0.119. The van der Waals surface area contributed by atoms with Crippen molar-refractivity contribution in [3.05, 3.63) is 36.7 Å². The summed E-state index contributed by atoms with van der Waals surface area (Å²) in [4.78, 5) is 15.3. The van der Waals surface area contributed by atoms with Crippen LogP contribution in [0.25, 0.3) is 10.8 Å². The van der Waals surface area contributed by atoms with Crippen LogP contribution >= 0.6 is 0 Å². The average Bonchev–Trinajstić information content (AvgIpc) is 2.54. The summed E-state index contributed by atoms with van der Waals surface area (Å²) in [7, 11) is -3.56. The van der Waals surface area contributed by atoms with Crippen LogP contribution in [-0.2, 0) is 14.8 Å². The number of aromatic nitrogens is 1. The van der Waals surface area contributed by atoms with E-state index in [1.165, 1.54) is 4.31 Å². The van der Waals surface area contributed by atoms with Gasteiger partial charge >= 0.3 is 0 Å². The summed E-state index contributed by atoms with van der Waals surface area (Å²) in [5, 5.41) is 1.49. The van der Waals surface area contributed by atoms with Crippen LogP contribution in [0.1, 0.15) is 19.3 Å². The fourth-order valence-electron chi connectivity index (χ4n) is 3.09. The highest BCUT2D eigenvalue weighted by molar-refractivity contribution is 7.89. The Balaban J connectivity index is 1.86. The zero-order valence-electron chi connectivity index (χ0n) is 12.7. The molecule has 1 amide bonds. The van der Waals surface area contributed by atoms with Crippen molar-refractivity contribution in [1.82, 2.24) is 9.29 Å². The first-order chi connectivity index (χ1) is 11.0. The smallest absolute Gasteiger partial charge is 0.243 e. The number of carbonyl (C=O) groups excluding carboxylic acids is 1. The third-order valence-corrected chi connectivity index (χ3v) is 6.28. The molecule has 6 nitrogen and oxygen atoms in total. The molecule has 1 fully saturated rings. The standard InChI is InChI=1S/C16H19N3O3S/c17-16(20)10-12-5-8-19(9-6-12)23(21,22)15-3-1-2-13-4-7-18-11-14(13)15/h1-4,7,11-12H,5-6,8-10H2,(H2,17,20). The lowest BCUT2D eigenvalue weighted by atomic mass is 9.94. The number of piperidine rings is 1. The number of fused-ring (bicyclic) bond motifs is 1. The molecule has 3 rings (SSSR count). The maximum Gasteiger partial charge on any atom is 0.243 e. The molecule has 0 saturated carbocycles. The lowest BCUT2D eigenvalue weighted by Gasteiger charge is -2.31. The van der Waals surface area contributed by atoms with Gasteiger partial charge in [-0.2, -0.15) is 4.31 Å². The van der Waals surface area contributed by atoms with E-state index in [2.05, 4.69) is 4.98 Å². The molecule has 1 aromatic heterocycles. The zero-order valence-corrected chi connectivity index (χ0v) is 13.5. The number of benzene rings is 1. The maximum atomic E-state index is 12.9. The van der Waals surface area contributed by atoms with Crippen molar-refractivity contribution in [2.24, 2.45) is 11.7 Å². The molecule has 2 aromatic rings. The summed E-state index contributed by atoms with van der Waals surface area (Å²) in [6, 6.07) is 7.03. The van der Waals surface area contributed by atoms with Gasteiger partial charge in [-0.3, -0.25) is 9.78 Å². The summed E-state index contributed by atoms with van der Waals surface area (Å²) < 4.78 is 27.4. The van der Waals surface area contributed by atoms with Gasteiger partial charge in [-0.25, -0.2) is 8.42 Å². The van der Waals surface area contributed by atoms with Gasteiger partial charge in [-0.05, 0) is 36.3 Å². The van der Waals surface area contributed by atoms with Gasteiger partial charge < -0.3 is 5.73 Å². The predicted molar refractivity (Wildman–Crippen MR) is 87.0 cm³/mol. The second-order valence-corrected chi connectivity index (χ2v) is 7.78. The largest absolute Gasteiger partial charge is 0.370 e. The third kappa shape index (κ3) is 3.20. The van der Waals surface area contributed by atoms with E-state index in [-0.39, 0.29) is 16.7 Å². The zero-order chi connectivity index (χ0) is 16.4. The van der Waals surface area contributed by atoms with E-state index in [0.717, 1.165) is 5.39 Å². The maximum absolute atomic E-state index is 12.9. The Bertz CT molecular complexity index is 822. The van der Waals surface area contributed by atoms with Crippen LogP contribution in [-0.4, -0.2) is 36.7 Å². The minimum atomic E-state index is -3.56. The average molecular weight is 333 g/mol. The molecule has 2 N–H and O–H groups in total. The van der Waals surface area contributed by atoms with Crippen molar-refractivity contribution >= 4 is 26.7 Å². The van der Waals surface area contributed by atoms with E-state index < -0.39 is 10.0 Å². The molecule has 7 heteroatoms. The van der Waals surface area contributed by atoms with Gasteiger partial charge in [0.25, 0.3) is 0 Å². The molecule has 0 atom stereocenters. The van der Waals surface area contributed by atoms with Crippen molar-refractivity contribution in [2.45, 2.75) is 24.2 Å². The first kappa shape index (κ1) is 15.9. The first-order valence-corrected chi connectivity index (χ1v) is 9.03. The highest BCUT2D eigenvalue weighted by atomic mass is 32.2. The summed E-state index contributed by atoms with van der Waals surface area (Å²) in [5.74, 6) is -0.153. The number of nitrogens with two attached hydrogens (primary N) is 1. The Morgan fingerprint density at radius 3 is 2.70 bits per heavy atom. The molecule has 0 bridgehead atoms. The molecular formula is C16H19N3O3S. The van der Waals surface area contributed by atoms with E-state index in [1.54, 1.807) is 30.6 Å².